The fourth-order valence-corrected chi connectivity index (χ4v) is 2.63. The van der Waals surface area contributed by atoms with Crippen molar-refractivity contribution in [2.24, 2.45) is 0 Å². The summed E-state index contributed by atoms with van der Waals surface area (Å²) in [6.07, 6.45) is 4.05. The number of pyridine rings is 1. The second-order valence-electron chi connectivity index (χ2n) is 5.45. The first-order chi connectivity index (χ1) is 13.6. The van der Waals surface area contributed by atoms with E-state index in [2.05, 4.69) is 29.4 Å². The van der Waals surface area contributed by atoms with Gasteiger partial charge in [-0.2, -0.15) is 0 Å². The Morgan fingerprint density at radius 3 is 2.50 bits per heavy atom. The summed E-state index contributed by atoms with van der Waals surface area (Å²) in [5.74, 6) is -0.174. The van der Waals surface area contributed by atoms with Crippen molar-refractivity contribution in [3.63, 3.8) is 0 Å². The maximum atomic E-state index is 11.2. The Morgan fingerprint density at radius 2 is 1.89 bits per heavy atom. The third-order valence-electron chi connectivity index (χ3n) is 3.96. The normalized spacial score (nSPS) is 9.64. The highest BCUT2D eigenvalue weighted by Gasteiger charge is 2.11. The molecule has 0 atom stereocenters. The summed E-state index contributed by atoms with van der Waals surface area (Å²) in [5, 5.41) is 12.5. The highest BCUT2D eigenvalue weighted by atomic mass is 16.5. The molecule has 2 N–H and O–H groups in total. The van der Waals surface area contributed by atoms with E-state index in [1.165, 1.54) is 11.8 Å². The van der Waals surface area contributed by atoms with Gasteiger partial charge in [-0.15, -0.1) is 0 Å². The number of aryl methyl sites for hydroxylation is 1. The highest BCUT2D eigenvalue weighted by Crippen LogP contribution is 2.22. The number of hydrogen-bond donors (Lipinski definition) is 2. The van der Waals surface area contributed by atoms with Crippen molar-refractivity contribution >= 4 is 17.3 Å². The van der Waals surface area contributed by atoms with Gasteiger partial charge in [-0.1, -0.05) is 46.8 Å². The molecular weight excluding hydrogens is 354 g/mol. The minimum absolute atomic E-state index is 0.138. The van der Waals surface area contributed by atoms with Crippen molar-refractivity contribution in [2.75, 3.05) is 12.4 Å². The van der Waals surface area contributed by atoms with Gasteiger partial charge in [0.2, 0.25) is 0 Å². The third-order valence-corrected chi connectivity index (χ3v) is 3.96. The molecule has 0 unspecified atom stereocenters. The van der Waals surface area contributed by atoms with Crippen LogP contribution in [0.1, 0.15) is 56.2 Å². The van der Waals surface area contributed by atoms with Gasteiger partial charge in [-0.3, -0.25) is 4.40 Å². The van der Waals surface area contributed by atoms with Crippen LogP contribution < -0.4 is 10.1 Å². The topological polar surface area (TPSA) is 75.9 Å². The maximum absolute atomic E-state index is 11.2. The number of anilines is 1. The number of aromatic carboxylic acids is 1. The Bertz CT molecular complexity index is 888. The molecule has 0 bridgehead atoms. The first kappa shape index (κ1) is 23.0. The number of rotatable bonds is 6. The Morgan fingerprint density at radius 1 is 1.18 bits per heavy atom. The number of ether oxygens (including phenoxy) is 1. The van der Waals surface area contributed by atoms with Gasteiger partial charge >= 0.3 is 5.97 Å². The van der Waals surface area contributed by atoms with Gasteiger partial charge in [0.05, 0.1) is 19.0 Å². The number of fused-ring (bicyclic) bond motifs is 1. The third kappa shape index (κ3) is 5.49. The second kappa shape index (κ2) is 11.6. The molecule has 6 heteroatoms. The second-order valence-corrected chi connectivity index (χ2v) is 5.45. The molecule has 3 rings (SSSR count). The van der Waals surface area contributed by atoms with Gasteiger partial charge in [0.15, 0.2) is 5.69 Å². The van der Waals surface area contributed by atoms with Crippen LogP contribution in [0.3, 0.4) is 0 Å². The van der Waals surface area contributed by atoms with Crippen LogP contribution in [-0.4, -0.2) is 27.6 Å². The number of nitrogens with one attached hydrogen (secondary N) is 1. The van der Waals surface area contributed by atoms with Crippen LogP contribution in [0, 0.1) is 0 Å². The van der Waals surface area contributed by atoms with Crippen molar-refractivity contribution in [3.05, 3.63) is 59.5 Å². The van der Waals surface area contributed by atoms with E-state index in [1.807, 2.05) is 39.8 Å². The molecule has 0 spiro atoms. The zero-order valence-corrected chi connectivity index (χ0v) is 17.6. The molecule has 0 aliphatic carbocycles. The molecule has 152 valence electrons. The van der Waals surface area contributed by atoms with E-state index in [0.29, 0.717) is 12.2 Å². The average Bonchev–Trinajstić information content (AvgIpc) is 3.18. The van der Waals surface area contributed by atoms with Gasteiger partial charge in [-0.25, -0.2) is 9.78 Å². The van der Waals surface area contributed by atoms with Crippen molar-refractivity contribution in [1.29, 1.82) is 0 Å². The Kier molecular flexibility index (Phi) is 9.57. The van der Waals surface area contributed by atoms with Crippen LogP contribution in [0.2, 0.25) is 0 Å². The van der Waals surface area contributed by atoms with E-state index >= 15 is 0 Å². The summed E-state index contributed by atoms with van der Waals surface area (Å²) >= 11 is 0. The number of hydrogen-bond acceptors (Lipinski definition) is 4. The largest absolute Gasteiger partial charge is 0.496 e. The smallest absolute Gasteiger partial charge is 0.354 e. The number of benzene rings is 1. The zero-order valence-electron chi connectivity index (χ0n) is 17.6. The standard InChI is InChI=1S/C18H19N3O3.2C2H6/c1-3-12-4-6-16(24-2)13(8-12)9-19-14-5-7-17-20-10-15(18(22)23)21(17)11-14;2*1-2/h4-8,10-11,19H,3,9H2,1-2H3,(H,22,23);2*1-2H3. The monoisotopic (exact) mass is 385 g/mol. The number of carbonyl (C=O) groups is 1. The predicted octanol–water partition coefficient (Wildman–Crippen LogP) is 5.27. The van der Waals surface area contributed by atoms with E-state index in [4.69, 9.17) is 4.74 Å². The molecule has 0 fully saturated rings. The summed E-state index contributed by atoms with van der Waals surface area (Å²) in [5.41, 5.74) is 3.85. The number of imidazole rings is 1. The van der Waals surface area contributed by atoms with Gasteiger partial charge in [0.25, 0.3) is 0 Å². The highest BCUT2D eigenvalue weighted by molar-refractivity contribution is 5.86. The van der Waals surface area contributed by atoms with Gasteiger partial charge in [-0.05, 0) is 30.2 Å². The predicted molar refractivity (Wildman–Crippen MR) is 115 cm³/mol. The van der Waals surface area contributed by atoms with Crippen molar-refractivity contribution < 1.29 is 14.6 Å². The quantitative estimate of drug-likeness (QED) is 0.605. The molecule has 0 amide bonds. The average molecular weight is 386 g/mol. The van der Waals surface area contributed by atoms with E-state index < -0.39 is 5.97 Å². The first-order valence-corrected chi connectivity index (χ1v) is 9.72. The summed E-state index contributed by atoms with van der Waals surface area (Å²) in [6, 6.07) is 9.80. The van der Waals surface area contributed by atoms with Crippen molar-refractivity contribution in [3.8, 4) is 5.75 Å². The summed E-state index contributed by atoms with van der Waals surface area (Å²) in [6.45, 7) is 10.7. The lowest BCUT2D eigenvalue weighted by Crippen LogP contribution is -2.05. The molecule has 0 aliphatic heterocycles. The van der Waals surface area contributed by atoms with E-state index in [9.17, 15) is 9.90 Å². The SMILES string of the molecule is CC.CC.CCc1ccc(OC)c(CNc2ccc3ncc(C(=O)O)n3c2)c1. The lowest BCUT2D eigenvalue weighted by atomic mass is 10.1. The molecule has 0 saturated carbocycles. The Balaban J connectivity index is 0.000000921. The van der Waals surface area contributed by atoms with Crippen molar-refractivity contribution in [2.45, 2.75) is 47.6 Å². The summed E-state index contributed by atoms with van der Waals surface area (Å²) in [7, 11) is 1.65. The van der Waals surface area contributed by atoms with Crippen LogP contribution >= 0.6 is 0 Å². The molecule has 1 aromatic carbocycles. The van der Waals surface area contributed by atoms with E-state index in [-0.39, 0.29) is 5.69 Å². The number of carboxylic acid groups (broad SMARTS) is 1. The first-order valence-electron chi connectivity index (χ1n) is 9.72. The lowest BCUT2D eigenvalue weighted by Gasteiger charge is -2.12. The van der Waals surface area contributed by atoms with E-state index in [1.54, 1.807) is 23.8 Å². The van der Waals surface area contributed by atoms with E-state index in [0.717, 1.165) is 23.4 Å². The van der Waals surface area contributed by atoms with Gasteiger partial charge < -0.3 is 15.2 Å². The van der Waals surface area contributed by atoms with Gasteiger partial charge in [0.1, 0.15) is 11.4 Å². The fraction of sp³-hybridized carbons (Fsp3) is 0.364. The Labute approximate surface area is 167 Å². The molecule has 6 nitrogen and oxygen atoms in total. The zero-order chi connectivity index (χ0) is 21.1. The molecule has 0 radical (unpaired) electrons. The van der Waals surface area contributed by atoms with Crippen molar-refractivity contribution in [1.82, 2.24) is 9.38 Å². The van der Waals surface area contributed by atoms with Crippen LogP contribution in [0.25, 0.3) is 5.65 Å². The molecule has 2 aromatic heterocycles. The summed E-state index contributed by atoms with van der Waals surface area (Å²) in [4.78, 5) is 15.3. The molecule has 2 heterocycles. The van der Waals surface area contributed by atoms with Crippen LogP contribution in [-0.2, 0) is 13.0 Å². The Hall–Kier alpha value is -3.02. The fourth-order valence-electron chi connectivity index (χ4n) is 2.63. The number of aromatic nitrogens is 2. The number of carboxylic acids is 1. The number of methoxy groups -OCH3 is 1. The summed E-state index contributed by atoms with van der Waals surface area (Å²) < 4.78 is 6.97. The molecular formula is C22H31N3O3. The number of nitrogens with zero attached hydrogens (tertiary/aromatic N) is 2. The molecule has 28 heavy (non-hydrogen) atoms. The molecule has 0 saturated heterocycles. The van der Waals surface area contributed by atoms with Crippen LogP contribution in [0.5, 0.6) is 5.75 Å². The van der Waals surface area contributed by atoms with Gasteiger partial charge in [0, 0.05) is 18.3 Å². The van der Waals surface area contributed by atoms with Crippen LogP contribution in [0.4, 0.5) is 5.69 Å². The molecule has 0 aliphatic rings. The molecule has 3 aromatic rings. The minimum atomic E-state index is -1.00. The maximum Gasteiger partial charge on any atom is 0.354 e. The van der Waals surface area contributed by atoms with Crippen LogP contribution in [0.15, 0.2) is 42.7 Å². The minimum Gasteiger partial charge on any atom is -0.496 e. The lowest BCUT2D eigenvalue weighted by molar-refractivity contribution is 0.0689.